The zero-order valence-corrected chi connectivity index (χ0v) is 26.9. The molecule has 0 aliphatic heterocycles. The minimum Gasteiger partial charge on any atom is -0.358 e. The first kappa shape index (κ1) is 34.1. The van der Waals surface area contributed by atoms with Crippen molar-refractivity contribution in [3.8, 4) is 0 Å². The van der Waals surface area contributed by atoms with Gasteiger partial charge in [-0.2, -0.15) is 11.1 Å². The smallest absolute Gasteiger partial charge is 0.358 e. The van der Waals surface area contributed by atoms with Crippen molar-refractivity contribution < 1.29 is 21.7 Å². The maximum Gasteiger partial charge on any atom is 4.00 e. The summed E-state index contributed by atoms with van der Waals surface area (Å²) in [5.74, 6) is 0. The van der Waals surface area contributed by atoms with Crippen LogP contribution in [0, 0.1) is 56.1 Å². The van der Waals surface area contributed by atoms with Crippen molar-refractivity contribution >= 4 is 23.6 Å². The van der Waals surface area contributed by atoms with Crippen molar-refractivity contribution in [2.24, 2.45) is 0 Å². The zero-order chi connectivity index (χ0) is 23.3. The Morgan fingerprint density at radius 3 is 1.47 bits per heavy atom. The van der Waals surface area contributed by atoms with Gasteiger partial charge in [0.2, 0.25) is 0 Å². The maximum atomic E-state index is 4.06. The van der Waals surface area contributed by atoms with Crippen molar-refractivity contribution in [1.29, 1.82) is 0 Å². The first-order valence-electron chi connectivity index (χ1n) is 11.6. The quantitative estimate of drug-likeness (QED) is 0.186. The summed E-state index contributed by atoms with van der Waals surface area (Å²) in [6.07, 6.45) is 4.06. The van der Waals surface area contributed by atoms with Crippen molar-refractivity contribution in [3.05, 3.63) is 134 Å². The molecule has 1 atom stereocenters. The number of rotatable bonds is 4. The van der Waals surface area contributed by atoms with E-state index < -0.39 is 8.07 Å². The van der Waals surface area contributed by atoms with E-state index in [-0.39, 0.29) is 49.0 Å². The molecule has 0 bridgehead atoms. The first-order chi connectivity index (χ1) is 15.1. The minimum atomic E-state index is -2.60. The van der Waals surface area contributed by atoms with Gasteiger partial charge >= 0.3 is 21.7 Å². The topological polar surface area (TPSA) is 0 Å². The number of hydrogen-bond acceptors (Lipinski definition) is 0. The molecule has 36 heavy (non-hydrogen) atoms. The Bertz CT molecular complexity index is 1200. The van der Waals surface area contributed by atoms with Crippen LogP contribution in [0.25, 0.3) is 0 Å². The molecule has 0 nitrogen and oxygen atoms in total. The molecule has 4 rings (SSSR count). The van der Waals surface area contributed by atoms with Crippen LogP contribution < -0.4 is 15.6 Å². The van der Waals surface area contributed by atoms with Crippen LogP contribution in [0.4, 0.5) is 0 Å². The van der Waals surface area contributed by atoms with Gasteiger partial charge in [0, 0.05) is 0 Å². The largest absolute Gasteiger partial charge is 4.00 e. The molecule has 3 aromatic rings. The molecule has 0 N–H and O–H groups in total. The van der Waals surface area contributed by atoms with Gasteiger partial charge in [0.1, 0.15) is 8.07 Å². The molecular formula is C34H44SiTi. The molecule has 0 aromatic heterocycles. The fourth-order valence-corrected chi connectivity index (χ4v) is 12.5. The summed E-state index contributed by atoms with van der Waals surface area (Å²) in [4.78, 5) is 0. The standard InChI is InChI=1S/C31H35Si.3CH3.Ti/c1-21-14-16-23(3)29(18-21)32(28-12-10-9-11-13-28,30-19-22(2)15-17-24(30)4)31(8)20-25(5)26(6)27(31)7;;;;/h9-19H,1-8H3;3*1H3;/q4*-1;+4. The molecule has 1 aliphatic rings. The van der Waals surface area contributed by atoms with Crippen molar-refractivity contribution in [2.75, 3.05) is 0 Å². The second-order valence-corrected chi connectivity index (χ2v) is 14.0. The molecule has 1 aliphatic carbocycles. The summed E-state index contributed by atoms with van der Waals surface area (Å²) in [6, 6.07) is 25.4. The molecule has 0 saturated heterocycles. The van der Waals surface area contributed by atoms with Gasteiger partial charge in [-0.25, -0.2) is 5.57 Å². The van der Waals surface area contributed by atoms with Gasteiger partial charge in [0.15, 0.2) is 0 Å². The van der Waals surface area contributed by atoms with Crippen LogP contribution >= 0.6 is 0 Å². The Labute approximate surface area is 238 Å². The van der Waals surface area contributed by atoms with E-state index in [4.69, 9.17) is 0 Å². The fourth-order valence-electron chi connectivity index (χ4n) is 5.85. The van der Waals surface area contributed by atoms with Crippen LogP contribution in [0.3, 0.4) is 0 Å². The second-order valence-electron chi connectivity index (χ2n) is 9.88. The number of hydrogen-bond donors (Lipinski definition) is 0. The molecule has 0 radical (unpaired) electrons. The zero-order valence-electron chi connectivity index (χ0n) is 24.4. The van der Waals surface area contributed by atoms with E-state index in [1.165, 1.54) is 54.5 Å². The van der Waals surface area contributed by atoms with Crippen molar-refractivity contribution in [2.45, 2.75) is 60.4 Å². The molecule has 0 saturated carbocycles. The van der Waals surface area contributed by atoms with Gasteiger partial charge < -0.3 is 22.3 Å². The summed E-state index contributed by atoms with van der Waals surface area (Å²) in [6.45, 7) is 18.4. The summed E-state index contributed by atoms with van der Waals surface area (Å²) in [5, 5.41) is 4.29. The van der Waals surface area contributed by atoms with Crippen molar-refractivity contribution in [3.63, 3.8) is 0 Å². The van der Waals surface area contributed by atoms with Crippen LogP contribution in [-0.2, 0) is 21.7 Å². The van der Waals surface area contributed by atoms with Crippen molar-refractivity contribution in [1.82, 2.24) is 0 Å². The van der Waals surface area contributed by atoms with Crippen LogP contribution in [0.2, 0.25) is 5.04 Å². The van der Waals surface area contributed by atoms with Crippen LogP contribution in [0.1, 0.15) is 49.9 Å². The summed E-state index contributed by atoms with van der Waals surface area (Å²) in [7, 11) is -2.60. The Morgan fingerprint density at radius 2 is 1.08 bits per heavy atom. The van der Waals surface area contributed by atoms with Gasteiger partial charge in [-0.3, -0.25) is 6.08 Å². The Balaban J connectivity index is 0.00000306. The molecule has 1 unspecified atom stereocenters. The molecule has 0 fully saturated rings. The second kappa shape index (κ2) is 12.5. The third kappa shape index (κ3) is 5.08. The van der Waals surface area contributed by atoms with E-state index in [0.717, 1.165) is 0 Å². The molecule has 0 amide bonds. The predicted octanol–water partition coefficient (Wildman–Crippen LogP) is 7.60. The Hall–Kier alpha value is -1.93. The number of benzene rings is 3. The van der Waals surface area contributed by atoms with E-state index in [0.29, 0.717) is 0 Å². The molecular weight excluding hydrogens is 484 g/mol. The fraction of sp³-hybridized carbons (Fsp3) is 0.265. The van der Waals surface area contributed by atoms with E-state index in [1.807, 2.05) is 0 Å². The molecule has 3 aromatic carbocycles. The van der Waals surface area contributed by atoms with E-state index in [1.54, 1.807) is 0 Å². The average molecular weight is 529 g/mol. The van der Waals surface area contributed by atoms with Gasteiger partial charge in [-0.05, 0) is 43.3 Å². The Morgan fingerprint density at radius 1 is 0.639 bits per heavy atom. The SMILES string of the molecule is CC1=[C-]C(C)([Si](c2ccccc2)(c2cc(C)ccc2C)c2cc(C)ccc2C)C(C)=C1C.[CH3-].[CH3-].[CH3-].[Ti+4]. The van der Waals surface area contributed by atoms with E-state index in [2.05, 4.69) is 128 Å². The maximum absolute atomic E-state index is 4.06. The third-order valence-electron chi connectivity index (χ3n) is 7.86. The normalized spacial score (nSPS) is 16.7. The molecule has 188 valence electrons. The predicted molar refractivity (Wildman–Crippen MR) is 161 cm³/mol. The van der Waals surface area contributed by atoms with Gasteiger partial charge in [0.05, 0.1) is 0 Å². The molecule has 0 heterocycles. The monoisotopic (exact) mass is 528 g/mol. The Kier molecular flexibility index (Phi) is 11.9. The van der Waals surface area contributed by atoms with Gasteiger partial charge in [0.25, 0.3) is 0 Å². The van der Waals surface area contributed by atoms with Crippen LogP contribution in [-0.4, -0.2) is 8.07 Å². The third-order valence-corrected chi connectivity index (χ3v) is 13.8. The first-order valence-corrected chi connectivity index (χ1v) is 13.6. The van der Waals surface area contributed by atoms with Crippen LogP contribution in [0.5, 0.6) is 0 Å². The molecule has 2 heteroatoms. The number of allylic oxidation sites excluding steroid dienone is 4. The van der Waals surface area contributed by atoms with E-state index in [9.17, 15) is 0 Å². The average Bonchev–Trinajstić information content (AvgIpc) is 2.97. The van der Waals surface area contributed by atoms with Gasteiger partial charge in [-0.15, -0.1) is 6.92 Å². The minimum absolute atomic E-state index is 0. The summed E-state index contributed by atoms with van der Waals surface area (Å²) in [5.41, 5.74) is 9.57. The summed E-state index contributed by atoms with van der Waals surface area (Å²) >= 11 is 0. The van der Waals surface area contributed by atoms with Gasteiger partial charge in [-0.1, -0.05) is 115 Å². The summed E-state index contributed by atoms with van der Waals surface area (Å²) < 4.78 is 0. The van der Waals surface area contributed by atoms with Crippen LogP contribution in [0.15, 0.2) is 83.4 Å². The number of aryl methyl sites for hydroxylation is 4. The molecule has 0 spiro atoms. The van der Waals surface area contributed by atoms with E-state index >= 15 is 0 Å².